The number of amides is 1. The number of nitrogens with one attached hydrogen (secondary N) is 2. The molecule has 2 aromatic rings. The average molecular weight is 536 g/mol. The quantitative estimate of drug-likeness (QED) is 0.307. The summed E-state index contributed by atoms with van der Waals surface area (Å²) in [6.07, 6.45) is 2.51. The summed E-state index contributed by atoms with van der Waals surface area (Å²) in [6.45, 7) is 5.02. The van der Waals surface area contributed by atoms with Crippen molar-refractivity contribution in [2.75, 3.05) is 27.2 Å². The van der Waals surface area contributed by atoms with Crippen LogP contribution in [0.3, 0.4) is 0 Å². The fraction of sp³-hybridized carbons (Fsp3) is 0.417. The van der Waals surface area contributed by atoms with Crippen LogP contribution in [-0.2, 0) is 24.3 Å². The summed E-state index contributed by atoms with van der Waals surface area (Å²) >= 11 is 0. The normalized spacial score (nSPS) is 13.7. The number of hydrogen-bond donors (Lipinski definition) is 2. The summed E-state index contributed by atoms with van der Waals surface area (Å²) in [5.74, 6) is 1.94. The molecule has 0 radical (unpaired) electrons. The first-order valence-electron chi connectivity index (χ1n) is 10.5. The number of ether oxygens (including phenoxy) is 1. The molecule has 0 saturated carbocycles. The summed E-state index contributed by atoms with van der Waals surface area (Å²) in [5.41, 5.74) is 4.73. The molecule has 0 atom stereocenters. The van der Waals surface area contributed by atoms with Gasteiger partial charge in [0.15, 0.2) is 5.96 Å². The molecule has 0 bridgehead atoms. The molecule has 31 heavy (non-hydrogen) atoms. The van der Waals surface area contributed by atoms with Crippen LogP contribution < -0.4 is 15.4 Å². The number of benzene rings is 2. The summed E-state index contributed by atoms with van der Waals surface area (Å²) in [7, 11) is 3.48. The lowest BCUT2D eigenvalue weighted by atomic mass is 10.1. The highest BCUT2D eigenvalue weighted by molar-refractivity contribution is 14.0. The number of guanidine groups is 1. The molecule has 168 valence electrons. The number of likely N-dealkylation sites (tertiary alicyclic amines) is 1. The van der Waals surface area contributed by atoms with Gasteiger partial charge in [-0.05, 0) is 48.1 Å². The molecule has 1 aliphatic rings. The number of nitrogens with zero attached hydrogens (tertiary/aromatic N) is 2. The minimum atomic E-state index is 0. The van der Waals surface area contributed by atoms with E-state index >= 15 is 0 Å². The van der Waals surface area contributed by atoms with E-state index in [1.54, 1.807) is 14.2 Å². The van der Waals surface area contributed by atoms with Gasteiger partial charge in [0.1, 0.15) is 5.75 Å². The molecule has 1 heterocycles. The van der Waals surface area contributed by atoms with E-state index < -0.39 is 0 Å². The molecule has 2 aromatic carbocycles. The van der Waals surface area contributed by atoms with E-state index in [4.69, 9.17) is 4.74 Å². The Kier molecular flexibility index (Phi) is 10.1. The third-order valence-corrected chi connectivity index (χ3v) is 5.50. The molecule has 1 saturated heterocycles. The van der Waals surface area contributed by atoms with E-state index in [9.17, 15) is 4.79 Å². The fourth-order valence-corrected chi connectivity index (χ4v) is 3.71. The van der Waals surface area contributed by atoms with Crippen LogP contribution in [0, 0.1) is 6.92 Å². The third-order valence-electron chi connectivity index (χ3n) is 5.50. The molecule has 2 N–H and O–H groups in total. The van der Waals surface area contributed by atoms with Crippen LogP contribution in [-0.4, -0.2) is 44.0 Å². The molecule has 0 spiro atoms. The molecule has 1 fully saturated rings. The second-order valence-corrected chi connectivity index (χ2v) is 7.59. The number of halogens is 1. The van der Waals surface area contributed by atoms with Gasteiger partial charge < -0.3 is 20.3 Å². The van der Waals surface area contributed by atoms with E-state index in [1.807, 2.05) is 24.0 Å². The van der Waals surface area contributed by atoms with Gasteiger partial charge in [-0.15, -0.1) is 24.0 Å². The smallest absolute Gasteiger partial charge is 0.222 e. The maximum Gasteiger partial charge on any atom is 0.222 e. The number of carbonyl (C=O) groups is 1. The second kappa shape index (κ2) is 12.5. The summed E-state index contributed by atoms with van der Waals surface area (Å²) in [4.78, 5) is 18.2. The monoisotopic (exact) mass is 536 g/mol. The van der Waals surface area contributed by atoms with E-state index in [0.717, 1.165) is 43.2 Å². The number of hydrogen-bond acceptors (Lipinski definition) is 3. The van der Waals surface area contributed by atoms with Gasteiger partial charge in [0, 0.05) is 39.6 Å². The minimum absolute atomic E-state index is 0. The van der Waals surface area contributed by atoms with Gasteiger partial charge in [0.05, 0.1) is 7.11 Å². The van der Waals surface area contributed by atoms with Gasteiger partial charge in [-0.2, -0.15) is 0 Å². The predicted molar refractivity (Wildman–Crippen MR) is 136 cm³/mol. The van der Waals surface area contributed by atoms with Gasteiger partial charge in [0.2, 0.25) is 5.91 Å². The lowest BCUT2D eigenvalue weighted by Crippen LogP contribution is -2.38. The molecule has 0 aromatic heterocycles. The number of aliphatic imine (C=N–C) groups is 1. The Morgan fingerprint density at radius 1 is 1.16 bits per heavy atom. The lowest BCUT2D eigenvalue weighted by Gasteiger charge is -2.19. The highest BCUT2D eigenvalue weighted by Gasteiger charge is 2.20. The average Bonchev–Trinajstić information content (AvgIpc) is 3.17. The van der Waals surface area contributed by atoms with Crippen molar-refractivity contribution in [3.63, 3.8) is 0 Å². The van der Waals surface area contributed by atoms with Crippen molar-refractivity contribution in [2.24, 2.45) is 4.99 Å². The molecule has 1 aliphatic heterocycles. The Morgan fingerprint density at radius 2 is 1.94 bits per heavy atom. The highest BCUT2D eigenvalue weighted by Crippen LogP contribution is 2.19. The number of methoxy groups -OCH3 is 1. The molecular weight excluding hydrogens is 503 g/mol. The van der Waals surface area contributed by atoms with Crippen LogP contribution >= 0.6 is 24.0 Å². The zero-order valence-corrected chi connectivity index (χ0v) is 20.9. The van der Waals surface area contributed by atoms with Crippen LogP contribution in [0.15, 0.2) is 47.5 Å². The maximum absolute atomic E-state index is 12.0. The second-order valence-electron chi connectivity index (χ2n) is 7.59. The first-order chi connectivity index (χ1) is 14.6. The topological polar surface area (TPSA) is 66.0 Å². The van der Waals surface area contributed by atoms with Gasteiger partial charge in [-0.1, -0.05) is 36.4 Å². The molecule has 7 heteroatoms. The zero-order valence-electron chi connectivity index (χ0n) is 18.6. The molecule has 6 nitrogen and oxygen atoms in total. The van der Waals surface area contributed by atoms with E-state index in [1.165, 1.54) is 16.7 Å². The van der Waals surface area contributed by atoms with Crippen LogP contribution in [0.5, 0.6) is 5.75 Å². The molecule has 0 aliphatic carbocycles. The standard InChI is InChI=1S/C24H32N4O2.HI/c1-18-10-11-19(15-22(18)30-3)12-13-26-24(25-2)27-16-20-7-4-5-8-21(20)17-28-14-6-9-23(28)29;/h4-5,7-8,10-11,15H,6,9,12-14,16-17H2,1-3H3,(H2,25,26,27);1H. The largest absolute Gasteiger partial charge is 0.496 e. The highest BCUT2D eigenvalue weighted by atomic mass is 127. The van der Waals surface area contributed by atoms with E-state index in [-0.39, 0.29) is 29.9 Å². The zero-order chi connectivity index (χ0) is 21.3. The van der Waals surface area contributed by atoms with Gasteiger partial charge >= 0.3 is 0 Å². The SMILES string of the molecule is CN=C(NCCc1ccc(C)c(OC)c1)NCc1ccccc1CN1CCCC1=O.I. The summed E-state index contributed by atoms with van der Waals surface area (Å²) < 4.78 is 5.41. The Bertz CT molecular complexity index is 901. The van der Waals surface area contributed by atoms with Crippen molar-refractivity contribution in [3.8, 4) is 5.75 Å². The van der Waals surface area contributed by atoms with Gasteiger partial charge in [-0.3, -0.25) is 9.79 Å². The van der Waals surface area contributed by atoms with E-state index in [0.29, 0.717) is 19.5 Å². The van der Waals surface area contributed by atoms with Gasteiger partial charge in [0.25, 0.3) is 0 Å². The van der Waals surface area contributed by atoms with Crippen molar-refractivity contribution in [2.45, 2.75) is 39.3 Å². The van der Waals surface area contributed by atoms with Gasteiger partial charge in [-0.25, -0.2) is 0 Å². The Labute approximate surface area is 202 Å². The first kappa shape index (κ1) is 25.0. The number of rotatable bonds is 8. The third kappa shape index (κ3) is 7.12. The molecule has 3 rings (SSSR count). The van der Waals surface area contributed by atoms with Crippen LogP contribution in [0.1, 0.15) is 35.1 Å². The van der Waals surface area contributed by atoms with Crippen LogP contribution in [0.4, 0.5) is 0 Å². The number of carbonyl (C=O) groups excluding carboxylic acids is 1. The molecule has 0 unspecified atom stereocenters. The van der Waals surface area contributed by atoms with E-state index in [2.05, 4.69) is 46.0 Å². The van der Waals surface area contributed by atoms with Crippen molar-refractivity contribution in [1.29, 1.82) is 0 Å². The predicted octanol–water partition coefficient (Wildman–Crippen LogP) is 3.65. The summed E-state index contributed by atoms with van der Waals surface area (Å²) in [6, 6.07) is 14.6. The lowest BCUT2D eigenvalue weighted by molar-refractivity contribution is -0.128. The molecular formula is C24H33IN4O2. The minimum Gasteiger partial charge on any atom is -0.496 e. The summed E-state index contributed by atoms with van der Waals surface area (Å²) in [5, 5.41) is 6.76. The van der Waals surface area contributed by atoms with Crippen LogP contribution in [0.25, 0.3) is 0 Å². The maximum atomic E-state index is 12.0. The fourth-order valence-electron chi connectivity index (χ4n) is 3.71. The van der Waals surface area contributed by atoms with Crippen molar-refractivity contribution in [3.05, 3.63) is 64.7 Å². The Balaban J connectivity index is 0.00000341. The van der Waals surface area contributed by atoms with Crippen molar-refractivity contribution in [1.82, 2.24) is 15.5 Å². The van der Waals surface area contributed by atoms with Crippen molar-refractivity contribution >= 4 is 35.8 Å². The number of aryl methyl sites for hydroxylation is 1. The molecule has 1 amide bonds. The Hall–Kier alpha value is -2.29. The first-order valence-corrected chi connectivity index (χ1v) is 10.5. The van der Waals surface area contributed by atoms with Crippen LogP contribution in [0.2, 0.25) is 0 Å². The van der Waals surface area contributed by atoms with Crippen molar-refractivity contribution < 1.29 is 9.53 Å². The Morgan fingerprint density at radius 3 is 2.61 bits per heavy atom.